The van der Waals surface area contributed by atoms with Crippen molar-refractivity contribution in [1.29, 1.82) is 0 Å². The Balaban J connectivity index is 2.00. The van der Waals surface area contributed by atoms with Gasteiger partial charge >= 0.3 is 0 Å². The zero-order chi connectivity index (χ0) is 5.66. The van der Waals surface area contributed by atoms with Gasteiger partial charge in [0.15, 0.2) is 0 Å². The van der Waals surface area contributed by atoms with Crippen LogP contribution in [-0.2, 0) is 0 Å². The molecule has 0 bridgehead atoms. The highest BCUT2D eigenvalue weighted by Gasteiger charge is 1.94. The Hall–Kier alpha value is 0.310. The first-order valence-electron chi connectivity index (χ1n) is 3.13. The smallest absolute Gasteiger partial charge is 0.0420 e. The van der Waals surface area contributed by atoms with Crippen molar-refractivity contribution in [1.82, 2.24) is 5.32 Å². The molecule has 0 aromatic rings. The van der Waals surface area contributed by atoms with Crippen LogP contribution in [0.2, 0.25) is 0 Å². The Kier molecular flexibility index (Phi) is 3.39. The minimum Gasteiger partial charge on any atom is -0.304 e. The normalized spacial score (nSPS) is 24.0. The van der Waals surface area contributed by atoms with Gasteiger partial charge in [-0.15, -0.1) is 11.8 Å². The number of thioether (sulfide) groups is 1. The van der Waals surface area contributed by atoms with Gasteiger partial charge in [0.05, 0.1) is 0 Å². The Morgan fingerprint density at radius 3 is 3.38 bits per heavy atom. The van der Waals surface area contributed by atoms with Gasteiger partial charge in [-0.3, -0.25) is 0 Å². The van der Waals surface area contributed by atoms with E-state index in [2.05, 4.69) is 11.9 Å². The molecular formula is C6H12NS. The zero-order valence-electron chi connectivity index (χ0n) is 5.02. The molecule has 0 atom stereocenters. The Morgan fingerprint density at radius 1 is 1.38 bits per heavy atom. The second kappa shape index (κ2) is 4.21. The van der Waals surface area contributed by atoms with E-state index in [1.165, 1.54) is 25.0 Å². The van der Waals surface area contributed by atoms with Crippen molar-refractivity contribution in [2.45, 2.75) is 19.3 Å². The van der Waals surface area contributed by atoms with Crippen molar-refractivity contribution in [3.05, 3.63) is 6.54 Å². The molecule has 1 aliphatic heterocycles. The summed E-state index contributed by atoms with van der Waals surface area (Å²) in [6, 6.07) is 0. The molecule has 0 aromatic heterocycles. The molecule has 0 unspecified atom stereocenters. The van der Waals surface area contributed by atoms with Crippen molar-refractivity contribution in [2.24, 2.45) is 0 Å². The molecule has 1 N–H and O–H groups in total. The highest BCUT2D eigenvalue weighted by Crippen LogP contribution is 2.08. The van der Waals surface area contributed by atoms with Crippen LogP contribution in [0.15, 0.2) is 0 Å². The highest BCUT2D eigenvalue weighted by molar-refractivity contribution is 7.99. The molecule has 0 amide bonds. The van der Waals surface area contributed by atoms with Crippen LogP contribution >= 0.6 is 11.8 Å². The van der Waals surface area contributed by atoms with E-state index in [-0.39, 0.29) is 0 Å². The molecular weight excluding hydrogens is 118 g/mol. The maximum atomic E-state index is 3.23. The van der Waals surface area contributed by atoms with Crippen LogP contribution in [0.4, 0.5) is 0 Å². The first-order valence-corrected chi connectivity index (χ1v) is 4.28. The first kappa shape index (κ1) is 6.43. The predicted molar refractivity (Wildman–Crippen MR) is 38.6 cm³/mol. The van der Waals surface area contributed by atoms with Crippen molar-refractivity contribution in [3.63, 3.8) is 0 Å². The van der Waals surface area contributed by atoms with Gasteiger partial charge in [0.1, 0.15) is 0 Å². The maximum Gasteiger partial charge on any atom is 0.0420 e. The zero-order valence-corrected chi connectivity index (χ0v) is 5.84. The van der Waals surface area contributed by atoms with Gasteiger partial charge in [-0.05, 0) is 18.6 Å². The van der Waals surface area contributed by atoms with E-state index in [9.17, 15) is 0 Å². The third-order valence-electron chi connectivity index (χ3n) is 1.22. The summed E-state index contributed by atoms with van der Waals surface area (Å²) in [5.41, 5.74) is 0. The van der Waals surface area contributed by atoms with Crippen LogP contribution in [0.1, 0.15) is 19.3 Å². The number of rotatable bonds is 0. The lowest BCUT2D eigenvalue weighted by molar-refractivity contribution is 0.724. The summed E-state index contributed by atoms with van der Waals surface area (Å²) in [6.45, 7) is 2.17. The third kappa shape index (κ3) is 2.58. The Bertz CT molecular complexity index is 32.5. The standard InChI is InChI=1S/C6H12NS/c1-2-4-7-6-8-5-3-1/h4,7H,1-3,5-6H2. The Labute approximate surface area is 55.2 Å². The maximum absolute atomic E-state index is 3.23. The molecule has 8 heavy (non-hydrogen) atoms. The van der Waals surface area contributed by atoms with E-state index in [0.29, 0.717) is 0 Å². The van der Waals surface area contributed by atoms with E-state index in [1.807, 2.05) is 11.8 Å². The summed E-state index contributed by atoms with van der Waals surface area (Å²) < 4.78 is 0. The molecule has 1 nitrogen and oxygen atoms in total. The fraction of sp³-hybridized carbons (Fsp3) is 0.833. The summed E-state index contributed by atoms with van der Waals surface area (Å²) in [5, 5.41) is 3.23. The van der Waals surface area contributed by atoms with Gasteiger partial charge in [-0.25, -0.2) is 0 Å². The van der Waals surface area contributed by atoms with Gasteiger partial charge in [0.25, 0.3) is 0 Å². The second-order valence-electron chi connectivity index (χ2n) is 1.96. The average molecular weight is 130 g/mol. The highest BCUT2D eigenvalue weighted by atomic mass is 32.2. The van der Waals surface area contributed by atoms with E-state index in [4.69, 9.17) is 0 Å². The summed E-state index contributed by atoms with van der Waals surface area (Å²) in [4.78, 5) is 0. The van der Waals surface area contributed by atoms with Crippen LogP contribution in [0.5, 0.6) is 0 Å². The SMILES string of the molecule is [CH]1CCCCSCN1. The molecule has 0 aliphatic carbocycles. The number of hydrogen-bond acceptors (Lipinski definition) is 2. The molecule has 47 valence electrons. The summed E-state index contributed by atoms with van der Waals surface area (Å²) >= 11 is 1.99. The molecule has 1 heterocycles. The molecule has 1 fully saturated rings. The van der Waals surface area contributed by atoms with Crippen molar-refractivity contribution >= 4 is 11.8 Å². The molecule has 1 radical (unpaired) electrons. The minimum atomic E-state index is 1.11. The minimum absolute atomic E-state index is 1.11. The van der Waals surface area contributed by atoms with Crippen LogP contribution in [0.3, 0.4) is 0 Å². The van der Waals surface area contributed by atoms with Crippen LogP contribution < -0.4 is 5.32 Å². The van der Waals surface area contributed by atoms with Crippen LogP contribution in [-0.4, -0.2) is 11.6 Å². The predicted octanol–water partition coefficient (Wildman–Crippen LogP) is 1.61. The quantitative estimate of drug-likeness (QED) is 0.534. The lowest BCUT2D eigenvalue weighted by Gasteiger charge is -2.07. The van der Waals surface area contributed by atoms with Crippen molar-refractivity contribution in [3.8, 4) is 0 Å². The van der Waals surface area contributed by atoms with Gasteiger partial charge < -0.3 is 5.32 Å². The molecule has 1 rings (SSSR count). The van der Waals surface area contributed by atoms with E-state index >= 15 is 0 Å². The van der Waals surface area contributed by atoms with Crippen molar-refractivity contribution < 1.29 is 0 Å². The molecule has 0 saturated carbocycles. The summed E-state index contributed by atoms with van der Waals surface area (Å²) in [7, 11) is 0. The average Bonchev–Trinajstić information content (AvgIpc) is 1.62. The lowest BCUT2D eigenvalue weighted by atomic mass is 10.2. The largest absolute Gasteiger partial charge is 0.304 e. The van der Waals surface area contributed by atoms with Crippen molar-refractivity contribution in [2.75, 3.05) is 11.6 Å². The second-order valence-corrected chi connectivity index (χ2v) is 3.06. The molecule has 1 saturated heterocycles. The molecule has 0 spiro atoms. The third-order valence-corrected chi connectivity index (χ3v) is 2.17. The van der Waals surface area contributed by atoms with Crippen LogP contribution in [0.25, 0.3) is 0 Å². The number of nitrogens with one attached hydrogen (secondary N) is 1. The van der Waals surface area contributed by atoms with Gasteiger partial charge in [-0.1, -0.05) is 6.42 Å². The van der Waals surface area contributed by atoms with Gasteiger partial charge in [0.2, 0.25) is 0 Å². The number of hydrogen-bond donors (Lipinski definition) is 1. The summed E-state index contributed by atoms with van der Waals surface area (Å²) in [6.07, 6.45) is 4.00. The first-order chi connectivity index (χ1) is 4.00. The Morgan fingerprint density at radius 2 is 2.38 bits per heavy atom. The van der Waals surface area contributed by atoms with E-state index in [0.717, 1.165) is 5.88 Å². The molecule has 0 aromatic carbocycles. The fourth-order valence-electron chi connectivity index (χ4n) is 0.743. The molecule has 2 heteroatoms. The van der Waals surface area contributed by atoms with Gasteiger partial charge in [-0.2, -0.15) is 0 Å². The van der Waals surface area contributed by atoms with E-state index < -0.39 is 0 Å². The molecule has 1 aliphatic rings. The van der Waals surface area contributed by atoms with E-state index in [1.54, 1.807) is 0 Å². The van der Waals surface area contributed by atoms with Crippen LogP contribution in [0, 0.1) is 6.54 Å². The fourth-order valence-corrected chi connectivity index (χ4v) is 1.53. The van der Waals surface area contributed by atoms with Gasteiger partial charge in [0, 0.05) is 12.4 Å². The topological polar surface area (TPSA) is 12.0 Å². The summed E-state index contributed by atoms with van der Waals surface area (Å²) in [5.74, 6) is 2.45. The lowest BCUT2D eigenvalue weighted by Crippen LogP contribution is -2.11. The monoisotopic (exact) mass is 130 g/mol.